The van der Waals surface area contributed by atoms with E-state index in [9.17, 15) is 4.79 Å². The molecule has 0 aliphatic carbocycles. The van der Waals surface area contributed by atoms with Gasteiger partial charge in [-0.3, -0.25) is 4.79 Å². The minimum Gasteiger partial charge on any atom is -0.493 e. The number of rotatable bonds is 6. The molecule has 3 rings (SSSR count). The lowest BCUT2D eigenvalue weighted by atomic mass is 10.1. The molecule has 0 spiro atoms. The van der Waals surface area contributed by atoms with Crippen molar-refractivity contribution in [2.75, 3.05) is 32.1 Å². The minimum atomic E-state index is -0.278. The van der Waals surface area contributed by atoms with Crippen LogP contribution in [0.5, 0.6) is 11.5 Å². The third kappa shape index (κ3) is 5.61. The molecule has 2 aromatic rings. The predicted molar refractivity (Wildman–Crippen MR) is 120 cm³/mol. The van der Waals surface area contributed by atoms with Crippen LogP contribution in [-0.4, -0.2) is 42.6 Å². The zero-order valence-electron chi connectivity index (χ0n) is 16.7. The number of amides is 1. The van der Waals surface area contributed by atoms with Crippen LogP contribution in [0, 0.1) is 6.92 Å². The van der Waals surface area contributed by atoms with Crippen LogP contribution in [0.25, 0.3) is 0 Å². The fraction of sp³-hybridized carbons (Fsp3) is 0.364. The van der Waals surface area contributed by atoms with E-state index in [1.165, 1.54) is 6.42 Å². The second kappa shape index (κ2) is 9.94. The molecule has 1 fully saturated rings. The number of thiocarbonyl (C=S) groups is 1. The quantitative estimate of drug-likeness (QED) is 0.662. The summed E-state index contributed by atoms with van der Waals surface area (Å²) in [5.74, 6) is 0.508. The van der Waals surface area contributed by atoms with Gasteiger partial charge in [0.25, 0.3) is 5.91 Å². The zero-order valence-corrected chi connectivity index (χ0v) is 18.2. The van der Waals surface area contributed by atoms with Crippen molar-refractivity contribution in [3.05, 3.63) is 52.5 Å². The molecule has 0 unspecified atom stereocenters. The largest absolute Gasteiger partial charge is 0.493 e. The van der Waals surface area contributed by atoms with Crippen LogP contribution in [0.2, 0.25) is 5.02 Å². The number of halogens is 1. The van der Waals surface area contributed by atoms with Crippen LogP contribution < -0.4 is 14.8 Å². The van der Waals surface area contributed by atoms with E-state index >= 15 is 0 Å². The number of aryl methyl sites for hydroxylation is 1. The molecule has 29 heavy (non-hydrogen) atoms. The Morgan fingerprint density at radius 3 is 2.52 bits per heavy atom. The van der Waals surface area contributed by atoms with Crippen molar-refractivity contribution in [2.24, 2.45) is 0 Å². The van der Waals surface area contributed by atoms with Gasteiger partial charge in [-0.25, -0.2) is 0 Å². The zero-order chi connectivity index (χ0) is 20.8. The molecule has 1 N–H and O–H groups in total. The van der Waals surface area contributed by atoms with E-state index < -0.39 is 0 Å². The topological polar surface area (TPSA) is 50.8 Å². The standard InChI is InChI=1S/C22H25ClN2O3S/c1-15-6-8-17(9-7-15)24-20(26)14-28-21-18(23)12-16(13-19(21)27-2)22(29)25-10-4-3-5-11-25/h6-9,12-13H,3-5,10-11,14H2,1-2H3,(H,24,26). The Kier molecular flexibility index (Phi) is 7.34. The number of ether oxygens (including phenoxy) is 2. The van der Waals surface area contributed by atoms with E-state index in [1.54, 1.807) is 13.2 Å². The fourth-order valence-electron chi connectivity index (χ4n) is 3.23. The molecule has 7 heteroatoms. The highest BCUT2D eigenvalue weighted by molar-refractivity contribution is 7.80. The predicted octanol–water partition coefficient (Wildman–Crippen LogP) is 4.84. The summed E-state index contributed by atoms with van der Waals surface area (Å²) in [6.45, 7) is 3.72. The average Bonchev–Trinajstić information content (AvgIpc) is 2.74. The van der Waals surface area contributed by atoms with Crippen molar-refractivity contribution < 1.29 is 14.3 Å². The van der Waals surface area contributed by atoms with Gasteiger partial charge in [-0.05, 0) is 50.5 Å². The second-order valence-corrected chi connectivity index (χ2v) is 7.84. The van der Waals surface area contributed by atoms with Crippen molar-refractivity contribution in [3.63, 3.8) is 0 Å². The van der Waals surface area contributed by atoms with Crippen molar-refractivity contribution >= 4 is 40.4 Å². The summed E-state index contributed by atoms with van der Waals surface area (Å²) in [6.07, 6.45) is 3.52. The van der Waals surface area contributed by atoms with Gasteiger partial charge in [0.15, 0.2) is 18.1 Å². The van der Waals surface area contributed by atoms with Gasteiger partial charge in [0.1, 0.15) is 4.99 Å². The normalized spacial score (nSPS) is 13.7. The number of nitrogens with zero attached hydrogens (tertiary/aromatic N) is 1. The van der Waals surface area contributed by atoms with E-state index in [4.69, 9.17) is 33.3 Å². The Morgan fingerprint density at radius 2 is 1.86 bits per heavy atom. The molecule has 0 saturated carbocycles. The molecule has 2 aromatic carbocycles. The summed E-state index contributed by atoms with van der Waals surface area (Å²) in [7, 11) is 1.54. The molecular weight excluding hydrogens is 408 g/mol. The van der Waals surface area contributed by atoms with Crippen molar-refractivity contribution in [1.29, 1.82) is 0 Å². The summed E-state index contributed by atoms with van der Waals surface area (Å²) in [5.41, 5.74) is 2.66. The molecule has 5 nitrogen and oxygen atoms in total. The molecule has 0 atom stereocenters. The molecule has 1 saturated heterocycles. The Morgan fingerprint density at radius 1 is 1.17 bits per heavy atom. The maximum Gasteiger partial charge on any atom is 0.262 e. The maximum absolute atomic E-state index is 12.2. The molecular formula is C22H25ClN2O3S. The highest BCUT2D eigenvalue weighted by Gasteiger charge is 2.19. The monoisotopic (exact) mass is 432 g/mol. The molecule has 1 heterocycles. The highest BCUT2D eigenvalue weighted by Crippen LogP contribution is 2.37. The Labute approximate surface area is 181 Å². The van der Waals surface area contributed by atoms with E-state index in [0.717, 1.165) is 42.0 Å². The van der Waals surface area contributed by atoms with Crippen molar-refractivity contribution in [1.82, 2.24) is 4.90 Å². The van der Waals surface area contributed by atoms with Crippen LogP contribution in [0.15, 0.2) is 36.4 Å². The average molecular weight is 433 g/mol. The number of anilines is 1. The summed E-state index contributed by atoms with van der Waals surface area (Å²) in [4.78, 5) is 15.2. The molecule has 154 valence electrons. The Bertz CT molecular complexity index is 880. The van der Waals surface area contributed by atoms with Gasteiger partial charge in [-0.15, -0.1) is 0 Å². The number of piperidine rings is 1. The maximum atomic E-state index is 12.2. The number of likely N-dealkylation sites (tertiary alicyclic amines) is 1. The van der Waals surface area contributed by atoms with E-state index in [2.05, 4.69) is 10.2 Å². The van der Waals surface area contributed by atoms with Gasteiger partial charge in [0.05, 0.1) is 12.1 Å². The summed E-state index contributed by atoms with van der Waals surface area (Å²) in [6, 6.07) is 11.1. The fourth-order valence-corrected chi connectivity index (χ4v) is 3.80. The highest BCUT2D eigenvalue weighted by atomic mass is 35.5. The van der Waals surface area contributed by atoms with Gasteiger partial charge < -0.3 is 19.7 Å². The molecule has 0 aromatic heterocycles. The smallest absolute Gasteiger partial charge is 0.262 e. The number of hydrogen-bond donors (Lipinski definition) is 1. The first kappa shape index (κ1) is 21.4. The van der Waals surface area contributed by atoms with Crippen LogP contribution in [0.4, 0.5) is 5.69 Å². The summed E-state index contributed by atoms with van der Waals surface area (Å²) < 4.78 is 11.1. The second-order valence-electron chi connectivity index (χ2n) is 7.05. The van der Waals surface area contributed by atoms with Crippen LogP contribution in [-0.2, 0) is 4.79 Å². The minimum absolute atomic E-state index is 0.181. The third-order valence-corrected chi connectivity index (χ3v) is 5.58. The van der Waals surface area contributed by atoms with Crippen LogP contribution in [0.3, 0.4) is 0 Å². The summed E-state index contributed by atoms with van der Waals surface area (Å²) in [5, 5.41) is 3.16. The number of benzene rings is 2. The van der Waals surface area contributed by atoms with E-state index in [0.29, 0.717) is 22.2 Å². The number of methoxy groups -OCH3 is 1. The lowest BCUT2D eigenvalue weighted by Crippen LogP contribution is -2.34. The first-order valence-electron chi connectivity index (χ1n) is 9.64. The van der Waals surface area contributed by atoms with Gasteiger partial charge in [-0.1, -0.05) is 41.5 Å². The number of carbonyl (C=O) groups is 1. The van der Waals surface area contributed by atoms with Crippen LogP contribution in [0.1, 0.15) is 30.4 Å². The molecule has 1 amide bonds. The number of nitrogens with one attached hydrogen (secondary N) is 1. The number of carbonyl (C=O) groups excluding carboxylic acids is 1. The van der Waals surface area contributed by atoms with E-state index in [-0.39, 0.29) is 12.5 Å². The van der Waals surface area contributed by atoms with E-state index in [1.807, 2.05) is 37.3 Å². The molecule has 1 aliphatic rings. The Hall–Kier alpha value is -2.31. The van der Waals surface area contributed by atoms with Crippen molar-refractivity contribution in [2.45, 2.75) is 26.2 Å². The Balaban J connectivity index is 1.67. The summed E-state index contributed by atoms with van der Waals surface area (Å²) >= 11 is 12.1. The lowest BCUT2D eigenvalue weighted by molar-refractivity contribution is -0.118. The molecule has 0 radical (unpaired) electrons. The van der Waals surface area contributed by atoms with Crippen molar-refractivity contribution in [3.8, 4) is 11.5 Å². The lowest BCUT2D eigenvalue weighted by Gasteiger charge is -2.29. The third-order valence-electron chi connectivity index (χ3n) is 4.80. The van der Waals surface area contributed by atoms with Crippen LogP contribution >= 0.6 is 23.8 Å². The van der Waals surface area contributed by atoms with Gasteiger partial charge in [0.2, 0.25) is 0 Å². The first-order valence-corrected chi connectivity index (χ1v) is 10.4. The molecule has 1 aliphatic heterocycles. The first-order chi connectivity index (χ1) is 14.0. The van der Waals surface area contributed by atoms with Gasteiger partial charge in [0, 0.05) is 24.3 Å². The molecule has 0 bridgehead atoms. The SMILES string of the molecule is COc1cc(C(=S)N2CCCCC2)cc(Cl)c1OCC(=O)Nc1ccc(C)cc1. The van der Waals surface area contributed by atoms with Gasteiger partial charge >= 0.3 is 0 Å². The van der Waals surface area contributed by atoms with Gasteiger partial charge in [-0.2, -0.15) is 0 Å². The number of hydrogen-bond acceptors (Lipinski definition) is 4.